The highest BCUT2D eigenvalue weighted by atomic mass is 32.1. The first kappa shape index (κ1) is 18.7. The topological polar surface area (TPSA) is 89.9 Å². The molecule has 0 aromatic carbocycles. The van der Waals surface area contributed by atoms with Gasteiger partial charge in [-0.15, -0.1) is 0 Å². The zero-order valence-electron chi connectivity index (χ0n) is 16.5. The smallest absolute Gasteiger partial charge is 0.235 e. The van der Waals surface area contributed by atoms with Crippen LogP contribution >= 0.6 is 11.3 Å². The number of nitrogens with zero attached hydrogens (tertiary/aromatic N) is 5. The van der Waals surface area contributed by atoms with Gasteiger partial charge in [0.05, 0.1) is 42.8 Å². The second kappa shape index (κ2) is 6.89. The van der Waals surface area contributed by atoms with Gasteiger partial charge in [-0.3, -0.25) is 9.69 Å². The first-order chi connectivity index (χ1) is 14.0. The standard InChI is InChI=1S/C19H23N5O4S/c1-23(15(25)18-10-19(11-18,12-18)26-2)17-22-9-14(29-17)28-13-7-20-16(21-8-13)24-3-5-27-6-4-24/h7-9H,3-6,10-12H2,1-2H3. The van der Waals surface area contributed by atoms with Gasteiger partial charge in [-0.1, -0.05) is 11.3 Å². The molecule has 154 valence electrons. The molecule has 0 atom stereocenters. The predicted octanol–water partition coefficient (Wildman–Crippen LogP) is 2.09. The van der Waals surface area contributed by atoms with Crippen molar-refractivity contribution in [3.05, 3.63) is 18.6 Å². The summed E-state index contributed by atoms with van der Waals surface area (Å²) in [4.78, 5) is 29.7. The van der Waals surface area contributed by atoms with Crippen molar-refractivity contribution in [2.24, 2.45) is 5.41 Å². The molecule has 1 saturated heterocycles. The van der Waals surface area contributed by atoms with Gasteiger partial charge in [0.1, 0.15) is 0 Å². The van der Waals surface area contributed by atoms with Crippen LogP contribution in [-0.4, -0.2) is 66.9 Å². The molecule has 3 saturated carbocycles. The Morgan fingerprint density at radius 3 is 2.52 bits per heavy atom. The molecule has 0 unspecified atom stereocenters. The largest absolute Gasteiger partial charge is 0.442 e. The van der Waals surface area contributed by atoms with E-state index in [9.17, 15) is 4.79 Å². The number of rotatable bonds is 6. The Morgan fingerprint density at radius 2 is 1.86 bits per heavy atom. The van der Waals surface area contributed by atoms with Gasteiger partial charge < -0.3 is 19.1 Å². The van der Waals surface area contributed by atoms with Crippen LogP contribution in [0.3, 0.4) is 0 Å². The van der Waals surface area contributed by atoms with Crippen molar-refractivity contribution in [2.75, 3.05) is 50.3 Å². The summed E-state index contributed by atoms with van der Waals surface area (Å²) in [5, 5.41) is 1.21. The number of hydrogen-bond donors (Lipinski definition) is 0. The van der Waals surface area contributed by atoms with Crippen LogP contribution in [0, 0.1) is 5.41 Å². The van der Waals surface area contributed by atoms with E-state index in [4.69, 9.17) is 14.2 Å². The number of anilines is 2. The van der Waals surface area contributed by atoms with Crippen molar-refractivity contribution >= 4 is 28.3 Å². The molecular formula is C19H23N5O4S. The van der Waals surface area contributed by atoms with E-state index < -0.39 is 0 Å². The van der Waals surface area contributed by atoms with Gasteiger partial charge >= 0.3 is 0 Å². The second-order valence-corrected chi connectivity index (χ2v) is 8.92. The highest BCUT2D eigenvalue weighted by molar-refractivity contribution is 7.17. The lowest BCUT2D eigenvalue weighted by molar-refractivity contribution is -0.261. The number of aromatic nitrogens is 3. The molecule has 2 bridgehead atoms. The molecule has 4 fully saturated rings. The van der Waals surface area contributed by atoms with Crippen molar-refractivity contribution in [3.63, 3.8) is 0 Å². The van der Waals surface area contributed by atoms with Crippen LogP contribution in [0.15, 0.2) is 18.6 Å². The maximum absolute atomic E-state index is 12.9. The maximum atomic E-state index is 12.9. The van der Waals surface area contributed by atoms with Crippen molar-refractivity contribution in [1.29, 1.82) is 0 Å². The van der Waals surface area contributed by atoms with E-state index in [1.165, 1.54) is 11.3 Å². The lowest BCUT2D eigenvalue weighted by Gasteiger charge is -2.68. The number of methoxy groups -OCH3 is 1. The van der Waals surface area contributed by atoms with Gasteiger partial charge in [0, 0.05) is 27.2 Å². The molecule has 0 N–H and O–H groups in total. The minimum atomic E-state index is -0.263. The Morgan fingerprint density at radius 1 is 1.17 bits per heavy atom. The summed E-state index contributed by atoms with van der Waals surface area (Å²) < 4.78 is 16.7. The molecule has 4 aliphatic rings. The minimum absolute atomic E-state index is 0.0545. The highest BCUT2D eigenvalue weighted by Crippen LogP contribution is 2.69. The fourth-order valence-electron chi connectivity index (χ4n) is 4.44. The average molecular weight is 417 g/mol. The molecule has 0 radical (unpaired) electrons. The number of amides is 1. The molecule has 29 heavy (non-hydrogen) atoms. The fraction of sp³-hybridized carbons (Fsp3) is 0.579. The number of morpholine rings is 1. The Hall–Kier alpha value is -2.30. The van der Waals surface area contributed by atoms with E-state index in [0.29, 0.717) is 35.1 Å². The predicted molar refractivity (Wildman–Crippen MR) is 107 cm³/mol. The van der Waals surface area contributed by atoms with Crippen molar-refractivity contribution in [2.45, 2.75) is 24.9 Å². The lowest BCUT2D eigenvalue weighted by Crippen LogP contribution is -2.73. The monoisotopic (exact) mass is 417 g/mol. The highest BCUT2D eigenvalue weighted by Gasteiger charge is 2.73. The van der Waals surface area contributed by atoms with Crippen molar-refractivity contribution in [1.82, 2.24) is 15.0 Å². The zero-order chi connectivity index (χ0) is 20.1. The summed E-state index contributed by atoms with van der Waals surface area (Å²) in [6, 6.07) is 0. The number of carbonyl (C=O) groups excluding carboxylic acids is 1. The lowest BCUT2D eigenvalue weighted by atomic mass is 9.40. The van der Waals surface area contributed by atoms with Crippen LogP contribution in [0.1, 0.15) is 19.3 Å². The van der Waals surface area contributed by atoms with Gasteiger partial charge in [0.2, 0.25) is 16.9 Å². The van der Waals surface area contributed by atoms with E-state index in [1.807, 2.05) is 0 Å². The maximum Gasteiger partial charge on any atom is 0.235 e. The SMILES string of the molecule is COC12CC(C(=O)N(C)c3ncc(Oc4cnc(N5CCOCC5)nc4)s3)(C1)C2. The van der Waals surface area contributed by atoms with E-state index in [2.05, 4.69) is 19.9 Å². The molecule has 9 nitrogen and oxygen atoms in total. The number of thiazole rings is 1. The number of ether oxygens (including phenoxy) is 3. The number of hydrogen-bond acceptors (Lipinski definition) is 9. The Balaban J connectivity index is 1.21. The molecule has 2 aromatic rings. The van der Waals surface area contributed by atoms with Crippen LogP contribution in [-0.2, 0) is 14.3 Å². The first-order valence-corrected chi connectivity index (χ1v) is 10.5. The third kappa shape index (κ3) is 3.15. The van der Waals surface area contributed by atoms with Crippen LogP contribution in [0.2, 0.25) is 0 Å². The van der Waals surface area contributed by atoms with E-state index >= 15 is 0 Å². The Labute approximate surface area is 172 Å². The quantitative estimate of drug-likeness (QED) is 0.706. The zero-order valence-corrected chi connectivity index (χ0v) is 17.3. The molecular weight excluding hydrogens is 394 g/mol. The van der Waals surface area contributed by atoms with Gasteiger partial charge in [0.25, 0.3) is 0 Å². The molecule has 3 aliphatic carbocycles. The van der Waals surface area contributed by atoms with Crippen molar-refractivity contribution in [3.8, 4) is 10.8 Å². The van der Waals surface area contributed by atoms with Gasteiger partial charge in [-0.2, -0.15) is 0 Å². The van der Waals surface area contributed by atoms with Gasteiger partial charge in [-0.05, 0) is 19.3 Å². The first-order valence-electron chi connectivity index (χ1n) is 9.64. The summed E-state index contributed by atoms with van der Waals surface area (Å²) in [6.07, 6.45) is 7.35. The average Bonchev–Trinajstić information content (AvgIpc) is 3.15. The number of carbonyl (C=O) groups is 1. The van der Waals surface area contributed by atoms with E-state index in [0.717, 1.165) is 32.4 Å². The Kier molecular flexibility index (Phi) is 4.45. The summed E-state index contributed by atoms with van der Waals surface area (Å²) in [5.74, 6) is 1.31. The third-order valence-electron chi connectivity index (χ3n) is 6.06. The van der Waals surface area contributed by atoms with E-state index in [-0.39, 0.29) is 16.9 Å². The summed E-state index contributed by atoms with van der Waals surface area (Å²) in [7, 11) is 3.49. The van der Waals surface area contributed by atoms with Gasteiger partial charge in [-0.25, -0.2) is 15.0 Å². The Bertz CT molecular complexity index is 892. The molecule has 1 aliphatic heterocycles. The molecule has 3 heterocycles. The molecule has 2 aromatic heterocycles. The van der Waals surface area contributed by atoms with E-state index in [1.54, 1.807) is 37.6 Å². The van der Waals surface area contributed by atoms with Crippen LogP contribution < -0.4 is 14.5 Å². The fourth-order valence-corrected chi connectivity index (χ4v) is 5.19. The summed E-state index contributed by atoms with van der Waals surface area (Å²) >= 11 is 1.33. The van der Waals surface area contributed by atoms with Crippen LogP contribution in [0.4, 0.5) is 11.1 Å². The molecule has 10 heteroatoms. The second-order valence-electron chi connectivity index (χ2n) is 7.94. The normalized spacial score (nSPS) is 27.7. The summed E-state index contributed by atoms with van der Waals surface area (Å²) in [6.45, 7) is 2.94. The third-order valence-corrected chi connectivity index (χ3v) is 7.01. The molecule has 0 spiro atoms. The van der Waals surface area contributed by atoms with Gasteiger partial charge in [0.15, 0.2) is 10.9 Å². The summed E-state index contributed by atoms with van der Waals surface area (Å²) in [5.41, 5.74) is -0.318. The van der Waals surface area contributed by atoms with Crippen molar-refractivity contribution < 1.29 is 19.0 Å². The minimum Gasteiger partial charge on any atom is -0.442 e. The van der Waals surface area contributed by atoms with Crippen LogP contribution in [0.25, 0.3) is 0 Å². The molecule has 6 rings (SSSR count). The van der Waals surface area contributed by atoms with Crippen LogP contribution in [0.5, 0.6) is 10.8 Å². The molecule has 1 amide bonds.